The number of hydrogen-bond acceptors (Lipinski definition) is 8. The van der Waals surface area contributed by atoms with Crippen LogP contribution < -0.4 is 16.0 Å². The van der Waals surface area contributed by atoms with Gasteiger partial charge in [-0.15, -0.1) is 11.3 Å². The van der Waals surface area contributed by atoms with Gasteiger partial charge >= 0.3 is 5.97 Å². The van der Waals surface area contributed by atoms with Crippen LogP contribution in [0.15, 0.2) is 6.33 Å². The quantitative estimate of drug-likeness (QED) is 0.675. The number of fused-ring (bicyclic) bond motifs is 2. The van der Waals surface area contributed by atoms with Crippen molar-refractivity contribution in [2.24, 2.45) is 5.92 Å². The van der Waals surface area contributed by atoms with Gasteiger partial charge in [-0.25, -0.2) is 14.8 Å². The molecule has 1 amide bonds. The Balaban J connectivity index is 1.72. The van der Waals surface area contributed by atoms with Crippen molar-refractivity contribution >= 4 is 45.5 Å². The summed E-state index contributed by atoms with van der Waals surface area (Å²) in [7, 11) is 1.39. The van der Waals surface area contributed by atoms with Gasteiger partial charge in [0.15, 0.2) is 11.6 Å². The molecule has 2 aliphatic rings. The topological polar surface area (TPSA) is 105 Å². The number of aromatic nitrogens is 2. The fraction of sp³-hybridized carbons (Fsp3) is 0.474. The molecule has 2 aromatic rings. The van der Waals surface area contributed by atoms with E-state index in [4.69, 9.17) is 4.74 Å². The first kappa shape index (κ1) is 18.7. The van der Waals surface area contributed by atoms with Crippen LogP contribution in [0.2, 0.25) is 0 Å². The first-order valence-corrected chi connectivity index (χ1v) is 10.2. The molecular weight excluding hydrogens is 378 g/mol. The highest BCUT2D eigenvalue weighted by Gasteiger charge is 2.32. The second kappa shape index (κ2) is 7.38. The summed E-state index contributed by atoms with van der Waals surface area (Å²) in [5.74, 6) is 0.661. The minimum absolute atomic E-state index is 0.120. The van der Waals surface area contributed by atoms with Crippen LogP contribution in [-0.2, 0) is 22.4 Å². The largest absolute Gasteiger partial charge is 0.465 e. The second-order valence-electron chi connectivity index (χ2n) is 7.33. The number of carbonyl (C=O) groups is 2. The number of aryl methyl sites for hydroxylation is 1. The van der Waals surface area contributed by atoms with Gasteiger partial charge in [0.1, 0.15) is 23.1 Å². The van der Waals surface area contributed by atoms with Crippen LogP contribution in [0.1, 0.15) is 47.5 Å². The van der Waals surface area contributed by atoms with Crippen molar-refractivity contribution in [1.82, 2.24) is 9.97 Å². The van der Waals surface area contributed by atoms with Crippen LogP contribution >= 0.6 is 11.3 Å². The number of rotatable bonds is 4. The smallest absolute Gasteiger partial charge is 0.341 e. The summed E-state index contributed by atoms with van der Waals surface area (Å²) in [6.45, 7) is 3.95. The summed E-state index contributed by atoms with van der Waals surface area (Å²) in [4.78, 5) is 34.7. The van der Waals surface area contributed by atoms with Gasteiger partial charge in [0, 0.05) is 4.88 Å². The van der Waals surface area contributed by atoms with Gasteiger partial charge in [0.05, 0.1) is 12.7 Å². The lowest BCUT2D eigenvalue weighted by molar-refractivity contribution is -0.117. The Kier molecular flexibility index (Phi) is 4.92. The maximum atomic E-state index is 12.5. The van der Waals surface area contributed by atoms with E-state index in [0.717, 1.165) is 31.2 Å². The van der Waals surface area contributed by atoms with E-state index in [0.29, 0.717) is 27.9 Å². The van der Waals surface area contributed by atoms with Crippen molar-refractivity contribution in [2.75, 3.05) is 23.1 Å². The molecule has 0 radical (unpaired) electrons. The van der Waals surface area contributed by atoms with Crippen LogP contribution in [0.4, 0.5) is 22.3 Å². The van der Waals surface area contributed by atoms with Gasteiger partial charge in [-0.2, -0.15) is 0 Å². The average molecular weight is 401 g/mol. The van der Waals surface area contributed by atoms with E-state index < -0.39 is 0 Å². The Hall–Kier alpha value is -2.68. The first-order valence-electron chi connectivity index (χ1n) is 9.41. The van der Waals surface area contributed by atoms with Gasteiger partial charge in [-0.1, -0.05) is 13.8 Å². The maximum Gasteiger partial charge on any atom is 0.341 e. The Bertz CT molecular complexity index is 940. The van der Waals surface area contributed by atoms with E-state index >= 15 is 0 Å². The van der Waals surface area contributed by atoms with E-state index in [-0.39, 0.29) is 23.8 Å². The minimum Gasteiger partial charge on any atom is -0.465 e. The highest BCUT2D eigenvalue weighted by Crippen LogP contribution is 2.41. The Morgan fingerprint density at radius 3 is 2.86 bits per heavy atom. The third kappa shape index (κ3) is 3.19. The van der Waals surface area contributed by atoms with Crippen LogP contribution in [0.3, 0.4) is 0 Å². The van der Waals surface area contributed by atoms with Crippen molar-refractivity contribution in [1.29, 1.82) is 0 Å². The molecule has 0 saturated heterocycles. The fourth-order valence-electron chi connectivity index (χ4n) is 3.67. The van der Waals surface area contributed by atoms with Crippen molar-refractivity contribution in [2.45, 2.75) is 45.6 Å². The van der Waals surface area contributed by atoms with Gasteiger partial charge in [-0.05, 0) is 37.2 Å². The summed E-state index contributed by atoms with van der Waals surface area (Å²) < 4.78 is 5.02. The summed E-state index contributed by atoms with van der Waals surface area (Å²) in [5.41, 5.74) is 2.13. The molecule has 2 aromatic heterocycles. The average Bonchev–Trinajstić information content (AvgIpc) is 3.05. The molecule has 0 spiro atoms. The standard InChI is InChI=1S/C19H23N5O3S/c1-9(2)13-17(25)23-14-15(22-13)20-8-21-16(14)24-18-12(19(26)27-3)10-6-4-5-7-11(10)28-18/h8-9,13H,4-7H2,1-3H3,(H,23,25)(H2,20,21,22,24). The van der Waals surface area contributed by atoms with E-state index in [9.17, 15) is 9.59 Å². The van der Waals surface area contributed by atoms with E-state index in [1.165, 1.54) is 18.3 Å². The molecule has 0 bridgehead atoms. The molecule has 3 N–H and O–H groups in total. The molecule has 1 aliphatic heterocycles. The van der Waals surface area contributed by atoms with Gasteiger partial charge < -0.3 is 20.7 Å². The summed E-state index contributed by atoms with van der Waals surface area (Å²) in [6.07, 6.45) is 5.45. The summed E-state index contributed by atoms with van der Waals surface area (Å²) in [5, 5.41) is 10.0. The number of nitrogens with one attached hydrogen (secondary N) is 3. The number of nitrogens with zero attached hydrogens (tertiary/aromatic N) is 2. The molecule has 1 unspecified atom stereocenters. The van der Waals surface area contributed by atoms with Crippen molar-refractivity contribution in [3.63, 3.8) is 0 Å². The highest BCUT2D eigenvalue weighted by atomic mass is 32.1. The maximum absolute atomic E-state index is 12.5. The zero-order valence-corrected chi connectivity index (χ0v) is 16.9. The number of amides is 1. The number of esters is 1. The van der Waals surface area contributed by atoms with Gasteiger partial charge in [-0.3, -0.25) is 4.79 Å². The van der Waals surface area contributed by atoms with Crippen molar-refractivity contribution in [3.05, 3.63) is 22.3 Å². The third-order valence-electron chi connectivity index (χ3n) is 5.13. The molecule has 8 nitrogen and oxygen atoms in total. The SMILES string of the molecule is COC(=O)c1c(Nc2ncnc3c2NC(=O)C(C(C)C)N3)sc2c1CCCC2. The van der Waals surface area contributed by atoms with E-state index in [2.05, 4.69) is 25.9 Å². The van der Waals surface area contributed by atoms with E-state index in [1.807, 2.05) is 13.8 Å². The number of methoxy groups -OCH3 is 1. The van der Waals surface area contributed by atoms with Crippen molar-refractivity contribution < 1.29 is 14.3 Å². The lowest BCUT2D eigenvalue weighted by Gasteiger charge is -2.29. The molecular formula is C19H23N5O3S. The number of ether oxygens (including phenoxy) is 1. The van der Waals surface area contributed by atoms with Crippen LogP contribution in [0.5, 0.6) is 0 Å². The molecule has 9 heteroatoms. The zero-order chi connectivity index (χ0) is 19.8. The summed E-state index contributed by atoms with van der Waals surface area (Å²) >= 11 is 1.55. The minimum atomic E-state index is -0.355. The molecule has 0 fully saturated rings. The third-order valence-corrected chi connectivity index (χ3v) is 6.34. The predicted molar refractivity (Wildman–Crippen MR) is 108 cm³/mol. The van der Waals surface area contributed by atoms with Crippen LogP contribution in [-0.4, -0.2) is 35.0 Å². The summed E-state index contributed by atoms with van der Waals surface area (Å²) in [6, 6.07) is -0.352. The molecule has 0 saturated carbocycles. The van der Waals surface area contributed by atoms with Gasteiger partial charge in [0.2, 0.25) is 5.91 Å². The van der Waals surface area contributed by atoms with Crippen LogP contribution in [0.25, 0.3) is 0 Å². The van der Waals surface area contributed by atoms with Crippen molar-refractivity contribution in [3.8, 4) is 0 Å². The normalized spacial score (nSPS) is 18.0. The fourth-order valence-corrected chi connectivity index (χ4v) is 4.95. The molecule has 3 heterocycles. The number of hydrogen-bond donors (Lipinski definition) is 3. The predicted octanol–water partition coefficient (Wildman–Crippen LogP) is 3.34. The molecule has 0 aromatic carbocycles. The molecule has 4 rings (SSSR count). The second-order valence-corrected chi connectivity index (χ2v) is 8.44. The number of anilines is 4. The Morgan fingerprint density at radius 2 is 2.11 bits per heavy atom. The number of carbonyl (C=O) groups excluding carboxylic acids is 2. The molecule has 148 valence electrons. The molecule has 1 atom stereocenters. The van der Waals surface area contributed by atoms with Gasteiger partial charge in [0.25, 0.3) is 0 Å². The monoisotopic (exact) mass is 401 g/mol. The van der Waals surface area contributed by atoms with E-state index in [1.54, 1.807) is 11.3 Å². The zero-order valence-electron chi connectivity index (χ0n) is 16.1. The highest BCUT2D eigenvalue weighted by molar-refractivity contribution is 7.16. The lowest BCUT2D eigenvalue weighted by atomic mass is 9.95. The molecule has 28 heavy (non-hydrogen) atoms. The van der Waals surface area contributed by atoms with Crippen LogP contribution in [0, 0.1) is 5.92 Å². The Morgan fingerprint density at radius 1 is 1.32 bits per heavy atom. The number of thiophene rings is 1. The Labute approximate surface area is 167 Å². The molecule has 1 aliphatic carbocycles. The lowest BCUT2D eigenvalue weighted by Crippen LogP contribution is -2.43. The first-order chi connectivity index (χ1) is 13.5.